The molecule has 0 atom stereocenters. The normalized spacial score (nSPS) is 12.3. The predicted molar refractivity (Wildman–Crippen MR) is 58.6 cm³/mol. The van der Waals surface area contributed by atoms with Crippen molar-refractivity contribution in [3.05, 3.63) is 29.7 Å². The lowest BCUT2D eigenvalue weighted by Gasteiger charge is -2.11. The molecule has 0 aliphatic heterocycles. The molecule has 3 heteroatoms. The molecule has 80 valence electrons. The molecule has 0 saturated carbocycles. The molecule has 0 amide bonds. The molecule has 0 aliphatic rings. The van der Waals surface area contributed by atoms with Gasteiger partial charge in [0.2, 0.25) is 5.89 Å². The van der Waals surface area contributed by atoms with E-state index in [4.69, 9.17) is 9.52 Å². The summed E-state index contributed by atoms with van der Waals surface area (Å²) in [6, 6.07) is 5.56. The topological polar surface area (TPSA) is 46.3 Å². The standard InChI is InChI=1S/C12H15NO2/c1-12(2,3)11-13-9-5-4-8(7-14)6-10(9)15-11/h4-6,14H,7H2,1-3H3. The molecule has 15 heavy (non-hydrogen) atoms. The molecule has 1 N–H and O–H groups in total. The molecule has 3 nitrogen and oxygen atoms in total. The quantitative estimate of drug-likeness (QED) is 0.778. The van der Waals surface area contributed by atoms with Crippen LogP contribution in [0.1, 0.15) is 32.2 Å². The maximum absolute atomic E-state index is 9.00. The minimum atomic E-state index is -0.0849. The third-order valence-electron chi connectivity index (χ3n) is 2.28. The van der Waals surface area contributed by atoms with Crippen LogP contribution in [0, 0.1) is 0 Å². The van der Waals surface area contributed by atoms with Gasteiger partial charge >= 0.3 is 0 Å². The molecule has 0 bridgehead atoms. The SMILES string of the molecule is CC(C)(C)c1nc2ccc(CO)cc2o1. The summed E-state index contributed by atoms with van der Waals surface area (Å²) in [4.78, 5) is 4.41. The zero-order chi connectivity index (χ0) is 11.1. The molecule has 0 spiro atoms. The number of nitrogens with zero attached hydrogens (tertiary/aromatic N) is 1. The molecular formula is C12H15NO2. The Balaban J connectivity index is 2.56. The summed E-state index contributed by atoms with van der Waals surface area (Å²) >= 11 is 0. The summed E-state index contributed by atoms with van der Waals surface area (Å²) < 4.78 is 5.65. The smallest absolute Gasteiger partial charge is 0.200 e. The average Bonchev–Trinajstić information content (AvgIpc) is 2.59. The third-order valence-corrected chi connectivity index (χ3v) is 2.28. The van der Waals surface area contributed by atoms with Gasteiger partial charge in [0.05, 0.1) is 6.61 Å². The van der Waals surface area contributed by atoms with Gasteiger partial charge in [-0.25, -0.2) is 4.98 Å². The summed E-state index contributed by atoms with van der Waals surface area (Å²) in [7, 11) is 0. The Kier molecular flexibility index (Phi) is 2.27. The van der Waals surface area contributed by atoms with E-state index in [-0.39, 0.29) is 12.0 Å². The first kappa shape index (κ1) is 10.2. The van der Waals surface area contributed by atoms with E-state index in [0.717, 1.165) is 22.6 Å². The molecule has 0 radical (unpaired) electrons. The van der Waals surface area contributed by atoms with Gasteiger partial charge in [-0.05, 0) is 17.7 Å². The largest absolute Gasteiger partial charge is 0.440 e. The van der Waals surface area contributed by atoms with Crippen LogP contribution in [-0.4, -0.2) is 10.1 Å². The lowest BCUT2D eigenvalue weighted by molar-refractivity contribution is 0.282. The van der Waals surface area contributed by atoms with Gasteiger partial charge in [0.25, 0.3) is 0 Å². The Hall–Kier alpha value is -1.35. The van der Waals surface area contributed by atoms with Crippen LogP contribution in [0.5, 0.6) is 0 Å². The van der Waals surface area contributed by atoms with Crippen molar-refractivity contribution in [1.29, 1.82) is 0 Å². The number of benzene rings is 1. The maximum Gasteiger partial charge on any atom is 0.200 e. The molecule has 0 unspecified atom stereocenters. The Morgan fingerprint density at radius 1 is 1.33 bits per heavy atom. The molecular weight excluding hydrogens is 190 g/mol. The zero-order valence-electron chi connectivity index (χ0n) is 9.24. The van der Waals surface area contributed by atoms with E-state index in [2.05, 4.69) is 25.8 Å². The van der Waals surface area contributed by atoms with E-state index >= 15 is 0 Å². The summed E-state index contributed by atoms with van der Waals surface area (Å²) in [5, 5.41) is 9.00. The summed E-state index contributed by atoms with van der Waals surface area (Å²) in [6.45, 7) is 6.21. The van der Waals surface area contributed by atoms with Crippen molar-refractivity contribution in [3.8, 4) is 0 Å². The van der Waals surface area contributed by atoms with Crippen LogP contribution >= 0.6 is 0 Å². The molecule has 1 heterocycles. The van der Waals surface area contributed by atoms with Gasteiger partial charge in [-0.2, -0.15) is 0 Å². The average molecular weight is 205 g/mol. The van der Waals surface area contributed by atoms with Crippen LogP contribution in [-0.2, 0) is 12.0 Å². The van der Waals surface area contributed by atoms with Crippen LogP contribution < -0.4 is 0 Å². The lowest BCUT2D eigenvalue weighted by Crippen LogP contribution is -2.10. The van der Waals surface area contributed by atoms with Crippen molar-refractivity contribution in [3.63, 3.8) is 0 Å². The number of hydrogen-bond donors (Lipinski definition) is 1. The highest BCUT2D eigenvalue weighted by Crippen LogP contribution is 2.26. The molecule has 2 rings (SSSR count). The summed E-state index contributed by atoms with van der Waals surface area (Å²) in [6.07, 6.45) is 0. The highest BCUT2D eigenvalue weighted by atomic mass is 16.3. The van der Waals surface area contributed by atoms with Gasteiger partial charge in [-0.1, -0.05) is 26.8 Å². The van der Waals surface area contributed by atoms with Crippen LogP contribution in [0.4, 0.5) is 0 Å². The summed E-state index contributed by atoms with van der Waals surface area (Å²) in [5.74, 6) is 0.729. The van der Waals surface area contributed by atoms with Crippen LogP contribution in [0.15, 0.2) is 22.6 Å². The monoisotopic (exact) mass is 205 g/mol. The number of aromatic nitrogens is 1. The second-order valence-corrected chi connectivity index (χ2v) is 4.73. The second-order valence-electron chi connectivity index (χ2n) is 4.73. The number of oxazole rings is 1. The third kappa shape index (κ3) is 1.88. The number of aliphatic hydroxyl groups is 1. The van der Waals surface area contributed by atoms with E-state index < -0.39 is 0 Å². The zero-order valence-corrected chi connectivity index (χ0v) is 9.24. The van der Waals surface area contributed by atoms with E-state index in [0.29, 0.717) is 0 Å². The lowest BCUT2D eigenvalue weighted by atomic mass is 9.97. The van der Waals surface area contributed by atoms with Gasteiger partial charge in [0.15, 0.2) is 5.58 Å². The van der Waals surface area contributed by atoms with Crippen molar-refractivity contribution >= 4 is 11.1 Å². The van der Waals surface area contributed by atoms with Gasteiger partial charge < -0.3 is 9.52 Å². The molecule has 1 aromatic carbocycles. The fourth-order valence-electron chi connectivity index (χ4n) is 1.39. The molecule has 0 saturated heterocycles. The van der Waals surface area contributed by atoms with Gasteiger partial charge in [0.1, 0.15) is 5.52 Å². The first-order chi connectivity index (χ1) is 7.00. The number of rotatable bonds is 1. The maximum atomic E-state index is 9.00. The second kappa shape index (κ2) is 3.35. The first-order valence-electron chi connectivity index (χ1n) is 5.01. The van der Waals surface area contributed by atoms with E-state index in [1.54, 1.807) is 0 Å². The Morgan fingerprint density at radius 3 is 2.67 bits per heavy atom. The van der Waals surface area contributed by atoms with Crippen LogP contribution in [0.2, 0.25) is 0 Å². The molecule has 0 aliphatic carbocycles. The van der Waals surface area contributed by atoms with Crippen LogP contribution in [0.3, 0.4) is 0 Å². The number of fused-ring (bicyclic) bond motifs is 1. The van der Waals surface area contributed by atoms with Gasteiger partial charge in [-0.3, -0.25) is 0 Å². The highest BCUT2D eigenvalue weighted by Gasteiger charge is 2.20. The molecule has 0 fully saturated rings. The minimum absolute atomic E-state index is 0.0293. The van der Waals surface area contributed by atoms with Gasteiger partial charge in [-0.15, -0.1) is 0 Å². The Morgan fingerprint density at radius 2 is 2.07 bits per heavy atom. The Bertz CT molecular complexity index is 480. The van der Waals surface area contributed by atoms with E-state index in [1.165, 1.54) is 0 Å². The molecule has 2 aromatic rings. The summed E-state index contributed by atoms with van der Waals surface area (Å²) in [5.41, 5.74) is 2.35. The fraction of sp³-hybridized carbons (Fsp3) is 0.417. The number of hydrogen-bond acceptors (Lipinski definition) is 3. The minimum Gasteiger partial charge on any atom is -0.440 e. The van der Waals surface area contributed by atoms with Gasteiger partial charge in [0, 0.05) is 5.41 Å². The Labute approximate surface area is 88.7 Å². The van der Waals surface area contributed by atoms with Crippen molar-refractivity contribution in [2.24, 2.45) is 0 Å². The van der Waals surface area contributed by atoms with Crippen molar-refractivity contribution in [1.82, 2.24) is 4.98 Å². The van der Waals surface area contributed by atoms with Crippen molar-refractivity contribution < 1.29 is 9.52 Å². The van der Waals surface area contributed by atoms with Crippen LogP contribution in [0.25, 0.3) is 11.1 Å². The number of aliphatic hydroxyl groups excluding tert-OH is 1. The fourth-order valence-corrected chi connectivity index (χ4v) is 1.39. The highest BCUT2D eigenvalue weighted by molar-refractivity contribution is 5.73. The molecule has 1 aromatic heterocycles. The van der Waals surface area contributed by atoms with E-state index in [9.17, 15) is 0 Å². The van der Waals surface area contributed by atoms with E-state index in [1.807, 2.05) is 18.2 Å². The van der Waals surface area contributed by atoms with Crippen molar-refractivity contribution in [2.75, 3.05) is 0 Å². The predicted octanol–water partition coefficient (Wildman–Crippen LogP) is 2.62. The first-order valence-corrected chi connectivity index (χ1v) is 5.01. The van der Waals surface area contributed by atoms with Crippen molar-refractivity contribution in [2.45, 2.75) is 32.8 Å².